The average Bonchev–Trinajstić information content (AvgIpc) is 2.67. The monoisotopic (exact) mass is 251 g/mol. The average molecular weight is 251 g/mol. The Balaban J connectivity index is 2.62. The Hall–Kier alpha value is -1.62. The molecule has 1 heterocycles. The summed E-state index contributed by atoms with van der Waals surface area (Å²) in [7, 11) is 0. The molecule has 0 unspecified atom stereocenters. The highest BCUT2D eigenvalue weighted by Crippen LogP contribution is 2.26. The fraction of sp³-hybridized carbons (Fsp3) is 0.250. The third kappa shape index (κ3) is 2.10. The van der Waals surface area contributed by atoms with Crippen LogP contribution in [0.1, 0.15) is 17.3 Å². The van der Waals surface area contributed by atoms with Gasteiger partial charge in [0.1, 0.15) is 5.75 Å². The lowest BCUT2D eigenvalue weighted by atomic mass is 10.1. The van der Waals surface area contributed by atoms with Crippen molar-refractivity contribution in [3.8, 4) is 5.75 Å². The zero-order valence-electron chi connectivity index (χ0n) is 9.38. The molecule has 1 aromatic carbocycles. The smallest absolute Gasteiger partial charge is 0.340 e. The number of phenolic OH excluding ortho intramolecular Hbond substituents is 1. The molecule has 0 bridgehead atoms. The fourth-order valence-electron chi connectivity index (χ4n) is 1.77. The van der Waals surface area contributed by atoms with Crippen LogP contribution in [-0.2, 0) is 10.6 Å². The molecule has 5 heteroatoms. The summed E-state index contributed by atoms with van der Waals surface area (Å²) >= 11 is 4.19. The minimum Gasteiger partial charge on any atom is -0.508 e. The second-order valence-corrected chi connectivity index (χ2v) is 3.86. The Morgan fingerprint density at radius 2 is 2.29 bits per heavy atom. The molecule has 1 N–H and O–H groups in total. The SMILES string of the molecule is CCOC(=O)c1cn(CS)c2ccc(O)cc12. The number of hydrogen-bond donors (Lipinski definition) is 2. The number of ether oxygens (including phenoxy) is 1. The Bertz CT molecular complexity index is 562. The van der Waals surface area contributed by atoms with Crippen molar-refractivity contribution in [2.24, 2.45) is 0 Å². The number of rotatable bonds is 3. The van der Waals surface area contributed by atoms with E-state index in [1.165, 1.54) is 0 Å². The maximum Gasteiger partial charge on any atom is 0.340 e. The van der Waals surface area contributed by atoms with Crippen LogP contribution in [-0.4, -0.2) is 22.2 Å². The van der Waals surface area contributed by atoms with Crippen LogP contribution in [0.3, 0.4) is 0 Å². The molecule has 17 heavy (non-hydrogen) atoms. The van der Waals surface area contributed by atoms with Crippen molar-refractivity contribution in [2.75, 3.05) is 6.61 Å². The number of thiol groups is 1. The maximum absolute atomic E-state index is 11.8. The van der Waals surface area contributed by atoms with Gasteiger partial charge in [-0.2, -0.15) is 12.6 Å². The predicted molar refractivity (Wildman–Crippen MR) is 68.5 cm³/mol. The summed E-state index contributed by atoms with van der Waals surface area (Å²) in [5.41, 5.74) is 1.30. The van der Waals surface area contributed by atoms with Crippen molar-refractivity contribution < 1.29 is 14.6 Å². The Morgan fingerprint density at radius 3 is 2.94 bits per heavy atom. The Kier molecular flexibility index (Phi) is 3.28. The molecule has 0 fully saturated rings. The van der Waals surface area contributed by atoms with Gasteiger partial charge in [0.05, 0.1) is 18.0 Å². The summed E-state index contributed by atoms with van der Waals surface area (Å²) in [5, 5.41) is 10.1. The van der Waals surface area contributed by atoms with Gasteiger partial charge < -0.3 is 14.4 Å². The summed E-state index contributed by atoms with van der Waals surface area (Å²) in [4.78, 5) is 11.8. The molecule has 2 aromatic rings. The first-order chi connectivity index (χ1) is 8.17. The molecule has 2 rings (SSSR count). The van der Waals surface area contributed by atoms with Gasteiger partial charge >= 0.3 is 5.97 Å². The van der Waals surface area contributed by atoms with Crippen molar-refractivity contribution in [2.45, 2.75) is 12.8 Å². The van der Waals surface area contributed by atoms with Gasteiger partial charge in [-0.1, -0.05) is 0 Å². The molecular weight excluding hydrogens is 238 g/mol. The van der Waals surface area contributed by atoms with Crippen LogP contribution < -0.4 is 0 Å². The highest BCUT2D eigenvalue weighted by molar-refractivity contribution is 7.79. The van der Waals surface area contributed by atoms with Crippen LogP contribution in [0.25, 0.3) is 10.9 Å². The van der Waals surface area contributed by atoms with E-state index in [0.29, 0.717) is 23.4 Å². The molecule has 0 radical (unpaired) electrons. The van der Waals surface area contributed by atoms with Crippen molar-refractivity contribution in [3.05, 3.63) is 30.0 Å². The Labute approximate surface area is 104 Å². The highest BCUT2D eigenvalue weighted by Gasteiger charge is 2.15. The molecule has 1 aromatic heterocycles. The molecule has 0 aliphatic heterocycles. The number of esters is 1. The lowest BCUT2D eigenvalue weighted by Gasteiger charge is -2.00. The van der Waals surface area contributed by atoms with Gasteiger partial charge in [-0.15, -0.1) is 0 Å². The highest BCUT2D eigenvalue weighted by atomic mass is 32.1. The first-order valence-electron chi connectivity index (χ1n) is 5.27. The number of phenols is 1. The van der Waals surface area contributed by atoms with Gasteiger partial charge in [0.2, 0.25) is 0 Å². The van der Waals surface area contributed by atoms with Crippen LogP contribution in [0.15, 0.2) is 24.4 Å². The summed E-state index contributed by atoms with van der Waals surface area (Å²) < 4.78 is 6.80. The number of fused-ring (bicyclic) bond motifs is 1. The summed E-state index contributed by atoms with van der Waals surface area (Å²) in [6.45, 7) is 2.08. The molecule has 4 nitrogen and oxygen atoms in total. The molecule has 0 amide bonds. The molecule has 0 spiro atoms. The number of nitrogens with zero attached hydrogens (tertiary/aromatic N) is 1. The van der Waals surface area contributed by atoms with Crippen LogP contribution in [0.2, 0.25) is 0 Å². The van der Waals surface area contributed by atoms with Crippen molar-refractivity contribution >= 4 is 29.5 Å². The number of hydrogen-bond acceptors (Lipinski definition) is 4. The summed E-state index contributed by atoms with van der Waals surface area (Å²) in [5.74, 6) is 0.198. The third-order valence-corrected chi connectivity index (χ3v) is 2.82. The number of aromatic hydroxyl groups is 1. The number of benzene rings is 1. The first kappa shape index (κ1) is 11.9. The zero-order chi connectivity index (χ0) is 12.4. The summed E-state index contributed by atoms with van der Waals surface area (Å²) in [6.07, 6.45) is 1.69. The normalized spacial score (nSPS) is 10.7. The zero-order valence-corrected chi connectivity index (χ0v) is 10.3. The van der Waals surface area contributed by atoms with E-state index in [0.717, 1.165) is 5.52 Å². The van der Waals surface area contributed by atoms with Crippen LogP contribution in [0.5, 0.6) is 5.75 Å². The maximum atomic E-state index is 11.8. The van der Waals surface area contributed by atoms with E-state index in [4.69, 9.17) is 4.74 Å². The van der Waals surface area contributed by atoms with Gasteiger partial charge in [0, 0.05) is 17.1 Å². The van der Waals surface area contributed by atoms with Crippen molar-refractivity contribution in [1.29, 1.82) is 0 Å². The third-order valence-electron chi connectivity index (χ3n) is 2.51. The van der Waals surface area contributed by atoms with E-state index in [-0.39, 0.29) is 11.7 Å². The minimum absolute atomic E-state index is 0.125. The lowest BCUT2D eigenvalue weighted by Crippen LogP contribution is -2.03. The van der Waals surface area contributed by atoms with E-state index in [2.05, 4.69) is 12.6 Å². The topological polar surface area (TPSA) is 51.5 Å². The largest absolute Gasteiger partial charge is 0.508 e. The minimum atomic E-state index is -0.386. The van der Waals surface area contributed by atoms with Crippen molar-refractivity contribution in [3.63, 3.8) is 0 Å². The number of carbonyl (C=O) groups excluding carboxylic acids is 1. The van der Waals surface area contributed by atoms with Crippen LogP contribution in [0, 0.1) is 0 Å². The molecule has 0 aliphatic rings. The van der Waals surface area contributed by atoms with Gasteiger partial charge in [0.15, 0.2) is 0 Å². The first-order valence-corrected chi connectivity index (χ1v) is 5.90. The van der Waals surface area contributed by atoms with E-state index < -0.39 is 0 Å². The second kappa shape index (κ2) is 4.71. The van der Waals surface area contributed by atoms with Gasteiger partial charge in [-0.05, 0) is 25.1 Å². The quantitative estimate of drug-likeness (QED) is 0.650. The Morgan fingerprint density at radius 1 is 1.53 bits per heavy atom. The van der Waals surface area contributed by atoms with Gasteiger partial charge in [-0.3, -0.25) is 0 Å². The van der Waals surface area contributed by atoms with E-state index in [9.17, 15) is 9.90 Å². The van der Waals surface area contributed by atoms with Gasteiger partial charge in [0.25, 0.3) is 0 Å². The lowest BCUT2D eigenvalue weighted by molar-refractivity contribution is 0.0528. The van der Waals surface area contributed by atoms with Crippen molar-refractivity contribution in [1.82, 2.24) is 4.57 Å². The molecule has 0 saturated carbocycles. The molecule has 90 valence electrons. The molecular formula is C12H13NO3S. The summed E-state index contributed by atoms with van der Waals surface area (Å²) in [6, 6.07) is 4.89. The standard InChI is InChI=1S/C12H13NO3S/c1-2-16-12(15)10-6-13(7-17)11-4-3-8(14)5-9(10)11/h3-6,14,17H,2,7H2,1H3. The van der Waals surface area contributed by atoms with E-state index in [1.54, 1.807) is 31.3 Å². The number of aromatic nitrogens is 1. The number of carbonyl (C=O) groups is 1. The molecule has 0 aliphatic carbocycles. The second-order valence-electron chi connectivity index (χ2n) is 3.58. The molecule has 0 atom stereocenters. The van der Waals surface area contributed by atoms with Crippen LogP contribution in [0.4, 0.5) is 0 Å². The van der Waals surface area contributed by atoms with E-state index in [1.807, 2.05) is 4.57 Å². The van der Waals surface area contributed by atoms with Gasteiger partial charge in [-0.25, -0.2) is 4.79 Å². The predicted octanol–water partition coefficient (Wildman–Crippen LogP) is 2.41. The van der Waals surface area contributed by atoms with Crippen LogP contribution >= 0.6 is 12.6 Å². The molecule has 0 saturated heterocycles. The van der Waals surface area contributed by atoms with E-state index >= 15 is 0 Å². The fourth-order valence-corrected chi connectivity index (χ4v) is 2.01.